The minimum absolute atomic E-state index is 0.0178. The molecule has 1 heterocycles. The first kappa shape index (κ1) is 18.6. The molecule has 21 heavy (non-hydrogen) atoms. The van der Waals surface area contributed by atoms with Gasteiger partial charge in [0.25, 0.3) is 10.0 Å². The third kappa shape index (κ3) is 4.29. The molecule has 0 aliphatic rings. The van der Waals surface area contributed by atoms with Crippen LogP contribution in [0.4, 0.5) is 0 Å². The summed E-state index contributed by atoms with van der Waals surface area (Å²) in [5.41, 5.74) is 0. The van der Waals surface area contributed by atoms with Crippen LogP contribution >= 0.6 is 15.9 Å². The minimum Gasteiger partial charge on any atom is -0.334 e. The van der Waals surface area contributed by atoms with Gasteiger partial charge in [0, 0.05) is 30.7 Å². The van der Waals surface area contributed by atoms with E-state index in [2.05, 4.69) is 27.8 Å². The van der Waals surface area contributed by atoms with E-state index in [1.54, 1.807) is 10.5 Å². The van der Waals surface area contributed by atoms with Gasteiger partial charge >= 0.3 is 0 Å². The second-order valence-corrected chi connectivity index (χ2v) is 7.73. The summed E-state index contributed by atoms with van der Waals surface area (Å²) in [6.45, 7) is 9.21. The molecule has 0 aliphatic heterocycles. The van der Waals surface area contributed by atoms with Gasteiger partial charge in [0.1, 0.15) is 5.82 Å². The number of hydrogen-bond donors (Lipinski definition) is 0. The molecule has 0 fully saturated rings. The molecule has 5 nitrogen and oxygen atoms in total. The first-order valence-electron chi connectivity index (χ1n) is 7.53. The average Bonchev–Trinajstić information content (AvgIpc) is 2.82. The molecule has 0 unspecified atom stereocenters. The van der Waals surface area contributed by atoms with Crippen molar-refractivity contribution in [2.75, 3.05) is 11.9 Å². The summed E-state index contributed by atoms with van der Waals surface area (Å²) in [5.74, 6) is 0.749. The first-order valence-corrected chi connectivity index (χ1v) is 10.1. The van der Waals surface area contributed by atoms with Crippen LogP contribution in [0.3, 0.4) is 0 Å². The molecule has 0 atom stereocenters. The molecule has 7 heteroatoms. The van der Waals surface area contributed by atoms with E-state index in [1.807, 2.05) is 25.3 Å². The van der Waals surface area contributed by atoms with E-state index in [1.165, 1.54) is 0 Å². The van der Waals surface area contributed by atoms with Gasteiger partial charge in [0.2, 0.25) is 0 Å². The van der Waals surface area contributed by atoms with E-state index >= 15 is 0 Å². The van der Waals surface area contributed by atoms with Crippen LogP contribution in [0.1, 0.15) is 45.9 Å². The zero-order valence-electron chi connectivity index (χ0n) is 13.3. The smallest absolute Gasteiger partial charge is 0.262 e. The highest BCUT2D eigenvalue weighted by Gasteiger charge is 2.31. The predicted molar refractivity (Wildman–Crippen MR) is 89.3 cm³/mol. The van der Waals surface area contributed by atoms with Crippen molar-refractivity contribution in [1.82, 2.24) is 13.9 Å². The first-order chi connectivity index (χ1) is 9.92. The maximum absolute atomic E-state index is 12.9. The van der Waals surface area contributed by atoms with Crippen LogP contribution in [0.5, 0.6) is 0 Å². The van der Waals surface area contributed by atoms with Gasteiger partial charge in [-0.05, 0) is 26.2 Å². The molecule has 1 aromatic heterocycles. The SMILES string of the molecule is CCCn1cc(S(=O)(=O)N(CCBr)C(CC)CC)nc1C. The Morgan fingerprint density at radius 1 is 1.33 bits per heavy atom. The largest absolute Gasteiger partial charge is 0.334 e. The van der Waals surface area contributed by atoms with Crippen LogP contribution in [0.2, 0.25) is 0 Å². The van der Waals surface area contributed by atoms with E-state index in [0.29, 0.717) is 11.9 Å². The Kier molecular flexibility index (Phi) is 7.36. The Hall–Kier alpha value is -0.400. The van der Waals surface area contributed by atoms with E-state index in [9.17, 15) is 8.42 Å². The predicted octanol–water partition coefficient (Wildman–Crippen LogP) is 3.18. The third-order valence-corrected chi connectivity index (χ3v) is 5.82. The number of halogens is 1. The van der Waals surface area contributed by atoms with Crippen molar-refractivity contribution >= 4 is 26.0 Å². The van der Waals surface area contributed by atoms with Crippen molar-refractivity contribution in [3.8, 4) is 0 Å². The number of nitrogens with zero attached hydrogens (tertiary/aromatic N) is 3. The Labute approximate surface area is 136 Å². The van der Waals surface area contributed by atoms with Crippen molar-refractivity contribution in [3.05, 3.63) is 12.0 Å². The fourth-order valence-electron chi connectivity index (χ4n) is 2.47. The van der Waals surface area contributed by atoms with Crippen molar-refractivity contribution in [3.63, 3.8) is 0 Å². The van der Waals surface area contributed by atoms with Gasteiger partial charge in [0.15, 0.2) is 5.03 Å². The number of aryl methyl sites for hydroxylation is 2. The molecule has 0 saturated carbocycles. The molecule has 0 bridgehead atoms. The van der Waals surface area contributed by atoms with Gasteiger partial charge in [0.05, 0.1) is 0 Å². The molecular formula is C14H26BrN3O2S. The third-order valence-electron chi connectivity index (χ3n) is 3.65. The summed E-state index contributed by atoms with van der Waals surface area (Å²) in [4.78, 5) is 4.27. The van der Waals surface area contributed by atoms with E-state index < -0.39 is 10.0 Å². The lowest BCUT2D eigenvalue weighted by Gasteiger charge is -2.28. The zero-order valence-corrected chi connectivity index (χ0v) is 15.7. The second-order valence-electron chi connectivity index (χ2n) is 5.09. The zero-order chi connectivity index (χ0) is 16.0. The highest BCUT2D eigenvalue weighted by atomic mass is 79.9. The van der Waals surface area contributed by atoms with Gasteiger partial charge in [-0.15, -0.1) is 0 Å². The summed E-state index contributed by atoms with van der Waals surface area (Å²) < 4.78 is 29.3. The highest BCUT2D eigenvalue weighted by Crippen LogP contribution is 2.21. The lowest BCUT2D eigenvalue weighted by atomic mass is 10.2. The summed E-state index contributed by atoms with van der Waals surface area (Å²) in [6.07, 6.45) is 4.22. The Bertz CT molecular complexity index is 538. The van der Waals surface area contributed by atoms with Crippen LogP contribution in [-0.4, -0.2) is 40.2 Å². The van der Waals surface area contributed by atoms with Crippen LogP contribution in [0.25, 0.3) is 0 Å². The molecule has 1 aromatic rings. The molecule has 0 aromatic carbocycles. The number of hydrogen-bond acceptors (Lipinski definition) is 3. The van der Waals surface area contributed by atoms with Gasteiger partial charge in [-0.25, -0.2) is 13.4 Å². The Morgan fingerprint density at radius 3 is 2.43 bits per heavy atom. The normalized spacial score (nSPS) is 12.5. The Balaban J connectivity index is 3.19. The second kappa shape index (κ2) is 8.29. The van der Waals surface area contributed by atoms with Crippen molar-refractivity contribution in [2.45, 2.75) is 64.6 Å². The molecule has 0 N–H and O–H groups in total. The minimum atomic E-state index is -3.54. The summed E-state index contributed by atoms with van der Waals surface area (Å²) in [6, 6.07) is 0.0178. The summed E-state index contributed by atoms with van der Waals surface area (Å²) >= 11 is 3.35. The quantitative estimate of drug-likeness (QED) is 0.619. The number of sulfonamides is 1. The maximum atomic E-state index is 12.9. The monoisotopic (exact) mass is 379 g/mol. The highest BCUT2D eigenvalue weighted by molar-refractivity contribution is 9.09. The number of imidazole rings is 1. The van der Waals surface area contributed by atoms with E-state index in [0.717, 1.165) is 31.6 Å². The molecule has 122 valence electrons. The maximum Gasteiger partial charge on any atom is 0.262 e. The van der Waals surface area contributed by atoms with Gasteiger partial charge in [-0.3, -0.25) is 0 Å². The van der Waals surface area contributed by atoms with Crippen LogP contribution in [-0.2, 0) is 16.6 Å². The molecular weight excluding hydrogens is 354 g/mol. The van der Waals surface area contributed by atoms with Gasteiger partial charge < -0.3 is 4.57 Å². The fourth-order valence-corrected chi connectivity index (χ4v) is 4.86. The average molecular weight is 380 g/mol. The molecule has 1 rings (SSSR count). The summed E-state index contributed by atoms with van der Waals surface area (Å²) in [5, 5.41) is 0.790. The lowest BCUT2D eigenvalue weighted by molar-refractivity contribution is 0.316. The summed E-state index contributed by atoms with van der Waals surface area (Å²) in [7, 11) is -3.54. The van der Waals surface area contributed by atoms with Crippen molar-refractivity contribution < 1.29 is 8.42 Å². The fraction of sp³-hybridized carbons (Fsp3) is 0.786. The van der Waals surface area contributed by atoms with Gasteiger partial charge in [-0.1, -0.05) is 36.7 Å². The standard InChI is InChI=1S/C14H26BrN3O2S/c1-5-9-17-11-14(16-12(17)4)21(19,20)18(10-8-15)13(6-2)7-3/h11,13H,5-10H2,1-4H3. The van der Waals surface area contributed by atoms with E-state index in [4.69, 9.17) is 0 Å². The topological polar surface area (TPSA) is 55.2 Å². The van der Waals surface area contributed by atoms with Crippen LogP contribution in [0.15, 0.2) is 11.2 Å². The molecule has 0 radical (unpaired) electrons. The van der Waals surface area contributed by atoms with E-state index in [-0.39, 0.29) is 11.1 Å². The number of alkyl halides is 1. The molecule has 0 spiro atoms. The molecule has 0 amide bonds. The molecule has 0 saturated heterocycles. The van der Waals surface area contributed by atoms with Crippen LogP contribution in [0, 0.1) is 6.92 Å². The van der Waals surface area contributed by atoms with Crippen LogP contribution < -0.4 is 0 Å². The lowest BCUT2D eigenvalue weighted by Crippen LogP contribution is -2.41. The Morgan fingerprint density at radius 2 is 1.95 bits per heavy atom. The van der Waals surface area contributed by atoms with Gasteiger partial charge in [-0.2, -0.15) is 4.31 Å². The van der Waals surface area contributed by atoms with Crippen molar-refractivity contribution in [1.29, 1.82) is 0 Å². The number of aromatic nitrogens is 2. The number of rotatable bonds is 9. The van der Waals surface area contributed by atoms with Crippen molar-refractivity contribution in [2.24, 2.45) is 0 Å². The molecule has 0 aliphatic carbocycles.